The van der Waals surface area contributed by atoms with E-state index in [1.54, 1.807) is 0 Å². The van der Waals surface area contributed by atoms with Crippen LogP contribution in [-0.4, -0.2) is 12.1 Å². The van der Waals surface area contributed by atoms with Crippen molar-refractivity contribution in [3.05, 3.63) is 0 Å². The van der Waals surface area contributed by atoms with E-state index in [9.17, 15) is 0 Å². The Hall–Kier alpha value is -0.0400. The average Bonchev–Trinajstić information content (AvgIpc) is 1.98. The van der Waals surface area contributed by atoms with E-state index in [1.165, 1.54) is 19.3 Å². The largest absolute Gasteiger partial charge is 0.312 e. The Morgan fingerprint density at radius 1 is 1.08 bits per heavy atom. The van der Waals surface area contributed by atoms with Crippen LogP contribution in [0.3, 0.4) is 0 Å². The first kappa shape index (κ1) is 12.0. The Morgan fingerprint density at radius 2 is 1.67 bits per heavy atom. The molecule has 0 bridgehead atoms. The molecule has 0 fully saturated rings. The fourth-order valence-corrected chi connectivity index (χ4v) is 1.84. The first-order valence-electron chi connectivity index (χ1n) is 5.37. The minimum absolute atomic E-state index is 0.617. The second kappa shape index (κ2) is 6.47. The zero-order chi connectivity index (χ0) is 9.56. The van der Waals surface area contributed by atoms with Gasteiger partial charge in [0.2, 0.25) is 0 Å². The maximum Gasteiger partial charge on any atom is 0.00692 e. The summed E-state index contributed by atoms with van der Waals surface area (Å²) < 4.78 is 0. The third kappa shape index (κ3) is 4.76. The van der Waals surface area contributed by atoms with E-state index in [1.807, 2.05) is 0 Å². The van der Waals surface area contributed by atoms with Gasteiger partial charge in [-0.15, -0.1) is 0 Å². The topological polar surface area (TPSA) is 12.0 Å². The summed E-state index contributed by atoms with van der Waals surface area (Å²) in [4.78, 5) is 0. The average molecular weight is 171 g/mol. The van der Waals surface area contributed by atoms with Gasteiger partial charge < -0.3 is 5.32 Å². The Bertz CT molecular complexity index is 99.2. The molecule has 0 spiro atoms. The zero-order valence-corrected chi connectivity index (χ0v) is 9.35. The fraction of sp³-hybridized carbons (Fsp3) is 1.00. The Balaban J connectivity index is 3.76. The molecular formula is C11H25N. The lowest BCUT2D eigenvalue weighted by Gasteiger charge is -2.25. The predicted molar refractivity (Wildman–Crippen MR) is 56.4 cm³/mol. The summed E-state index contributed by atoms with van der Waals surface area (Å²) in [6.07, 6.45) is 3.97. The van der Waals surface area contributed by atoms with Crippen molar-refractivity contribution in [1.82, 2.24) is 5.32 Å². The highest BCUT2D eigenvalue weighted by molar-refractivity contribution is 4.72. The number of nitrogens with one attached hydrogen (secondary N) is 1. The van der Waals surface area contributed by atoms with Crippen molar-refractivity contribution in [1.29, 1.82) is 0 Å². The van der Waals surface area contributed by atoms with Gasteiger partial charge in [-0.25, -0.2) is 0 Å². The van der Waals surface area contributed by atoms with E-state index in [-0.39, 0.29) is 0 Å². The van der Waals surface area contributed by atoms with E-state index in [2.05, 4.69) is 39.9 Å². The highest BCUT2D eigenvalue weighted by Crippen LogP contribution is 2.15. The second-order valence-corrected chi connectivity index (χ2v) is 4.07. The van der Waals surface area contributed by atoms with Crippen LogP contribution >= 0.6 is 0 Å². The van der Waals surface area contributed by atoms with Crippen LogP contribution in [0.15, 0.2) is 0 Å². The summed E-state index contributed by atoms with van der Waals surface area (Å²) in [7, 11) is 0. The molecule has 1 nitrogen and oxygen atoms in total. The molecule has 0 amide bonds. The summed E-state index contributed by atoms with van der Waals surface area (Å²) in [6, 6.07) is 1.29. The highest BCUT2D eigenvalue weighted by Gasteiger charge is 2.14. The van der Waals surface area contributed by atoms with Crippen molar-refractivity contribution >= 4 is 0 Å². The molecule has 0 saturated heterocycles. The van der Waals surface area contributed by atoms with Crippen molar-refractivity contribution in [3.63, 3.8) is 0 Å². The molecule has 12 heavy (non-hydrogen) atoms. The summed E-state index contributed by atoms with van der Waals surface area (Å²) in [5.41, 5.74) is 0. The molecule has 2 atom stereocenters. The lowest BCUT2D eigenvalue weighted by Crippen LogP contribution is -2.37. The first-order chi connectivity index (χ1) is 5.61. The van der Waals surface area contributed by atoms with E-state index in [4.69, 9.17) is 0 Å². The van der Waals surface area contributed by atoms with Gasteiger partial charge >= 0.3 is 0 Å². The second-order valence-electron chi connectivity index (χ2n) is 4.07. The van der Waals surface area contributed by atoms with Gasteiger partial charge in [0.25, 0.3) is 0 Å². The molecule has 0 aliphatic heterocycles. The van der Waals surface area contributed by atoms with Crippen molar-refractivity contribution in [2.75, 3.05) is 0 Å². The Kier molecular flexibility index (Phi) is 6.45. The fourth-order valence-electron chi connectivity index (χ4n) is 1.84. The summed E-state index contributed by atoms with van der Waals surface area (Å²) in [5.74, 6) is 0.859. The molecule has 0 radical (unpaired) electrons. The molecule has 1 heteroatoms. The number of hydrogen-bond donors (Lipinski definition) is 1. The molecule has 0 aromatic rings. The van der Waals surface area contributed by atoms with Crippen molar-refractivity contribution in [2.24, 2.45) is 5.92 Å². The van der Waals surface area contributed by atoms with Crippen LogP contribution in [0.4, 0.5) is 0 Å². The predicted octanol–water partition coefficient (Wildman–Crippen LogP) is 3.20. The summed E-state index contributed by atoms with van der Waals surface area (Å²) in [5, 5.41) is 3.58. The lowest BCUT2D eigenvalue weighted by molar-refractivity contribution is 0.323. The van der Waals surface area contributed by atoms with Crippen LogP contribution < -0.4 is 5.32 Å². The summed E-state index contributed by atoms with van der Waals surface area (Å²) >= 11 is 0. The molecule has 0 saturated carbocycles. The normalized spacial score (nSPS) is 16.5. The molecule has 0 aliphatic rings. The molecular weight excluding hydrogens is 146 g/mol. The van der Waals surface area contributed by atoms with Crippen LogP contribution in [0, 0.1) is 5.92 Å². The van der Waals surface area contributed by atoms with Crippen LogP contribution in [0.2, 0.25) is 0 Å². The third-order valence-electron chi connectivity index (χ3n) is 2.49. The van der Waals surface area contributed by atoms with Crippen molar-refractivity contribution < 1.29 is 0 Å². The van der Waals surface area contributed by atoms with Gasteiger partial charge in [-0.1, -0.05) is 40.5 Å². The van der Waals surface area contributed by atoms with Crippen LogP contribution in [0.25, 0.3) is 0 Å². The smallest absolute Gasteiger partial charge is 0.00692 e. The monoisotopic (exact) mass is 171 g/mol. The molecule has 0 aliphatic carbocycles. The van der Waals surface area contributed by atoms with Crippen molar-refractivity contribution in [3.8, 4) is 0 Å². The van der Waals surface area contributed by atoms with Gasteiger partial charge in [-0.05, 0) is 19.3 Å². The SMILES string of the molecule is CCCC(CC)C(C)NC(C)C. The maximum absolute atomic E-state index is 3.58. The minimum Gasteiger partial charge on any atom is -0.312 e. The standard InChI is InChI=1S/C11H25N/c1-6-8-11(7-2)10(5)12-9(3)4/h9-12H,6-8H2,1-5H3. The Morgan fingerprint density at radius 3 is 2.00 bits per heavy atom. The van der Waals surface area contributed by atoms with Gasteiger partial charge in [0.15, 0.2) is 0 Å². The molecule has 1 N–H and O–H groups in total. The van der Waals surface area contributed by atoms with Gasteiger partial charge in [0.05, 0.1) is 0 Å². The van der Waals surface area contributed by atoms with Crippen LogP contribution in [0.1, 0.15) is 53.9 Å². The molecule has 0 rings (SSSR count). The van der Waals surface area contributed by atoms with E-state index >= 15 is 0 Å². The van der Waals surface area contributed by atoms with E-state index in [0.717, 1.165) is 5.92 Å². The minimum atomic E-state index is 0.617. The Labute approximate surface area is 77.9 Å². The van der Waals surface area contributed by atoms with Gasteiger partial charge in [-0.2, -0.15) is 0 Å². The summed E-state index contributed by atoms with van der Waals surface area (Å²) in [6.45, 7) is 11.3. The lowest BCUT2D eigenvalue weighted by atomic mass is 9.93. The molecule has 0 aromatic heterocycles. The highest BCUT2D eigenvalue weighted by atomic mass is 14.9. The zero-order valence-electron chi connectivity index (χ0n) is 9.35. The first-order valence-corrected chi connectivity index (χ1v) is 5.37. The quantitative estimate of drug-likeness (QED) is 0.647. The van der Waals surface area contributed by atoms with E-state index < -0.39 is 0 Å². The van der Waals surface area contributed by atoms with Gasteiger partial charge in [0, 0.05) is 12.1 Å². The number of hydrogen-bond acceptors (Lipinski definition) is 1. The molecule has 2 unspecified atom stereocenters. The third-order valence-corrected chi connectivity index (χ3v) is 2.49. The molecule has 74 valence electrons. The van der Waals surface area contributed by atoms with E-state index in [0.29, 0.717) is 12.1 Å². The molecule has 0 aromatic carbocycles. The maximum atomic E-state index is 3.58. The number of rotatable bonds is 6. The van der Waals surface area contributed by atoms with Crippen LogP contribution in [-0.2, 0) is 0 Å². The van der Waals surface area contributed by atoms with Crippen LogP contribution in [0.5, 0.6) is 0 Å². The van der Waals surface area contributed by atoms with Gasteiger partial charge in [0.1, 0.15) is 0 Å². The molecule has 0 heterocycles. The van der Waals surface area contributed by atoms with Gasteiger partial charge in [-0.3, -0.25) is 0 Å². The van der Waals surface area contributed by atoms with Crippen molar-refractivity contribution in [2.45, 2.75) is 66.0 Å².